The molecule has 19 heavy (non-hydrogen) atoms. The van der Waals surface area contributed by atoms with Gasteiger partial charge < -0.3 is 20.5 Å². The Balaban J connectivity index is 2.28. The van der Waals surface area contributed by atoms with Gasteiger partial charge in [-0.2, -0.15) is 0 Å². The number of carbonyl (C=O) groups excluding carboxylic acids is 2. The second-order valence-corrected chi connectivity index (χ2v) is 4.46. The maximum Gasteiger partial charge on any atom is 0.349 e. The first-order valence-corrected chi connectivity index (χ1v) is 6.33. The third-order valence-electron chi connectivity index (χ3n) is 2.00. The normalized spacial score (nSPS) is 9.74. The number of thiophene rings is 1. The molecule has 0 bridgehead atoms. The van der Waals surface area contributed by atoms with E-state index in [9.17, 15) is 14.4 Å². The molecule has 0 aliphatic carbocycles. The highest BCUT2D eigenvalue weighted by molar-refractivity contribution is 7.12. The quantitative estimate of drug-likeness (QED) is 0.616. The minimum Gasteiger partial charge on any atom is -0.482 e. The summed E-state index contributed by atoms with van der Waals surface area (Å²) >= 11 is 1.03. The van der Waals surface area contributed by atoms with Crippen molar-refractivity contribution in [1.82, 2.24) is 10.6 Å². The van der Waals surface area contributed by atoms with E-state index in [-0.39, 0.29) is 35.6 Å². The van der Waals surface area contributed by atoms with Crippen molar-refractivity contribution < 1.29 is 24.2 Å². The van der Waals surface area contributed by atoms with Crippen LogP contribution in [0.3, 0.4) is 0 Å². The molecule has 0 saturated heterocycles. The van der Waals surface area contributed by atoms with E-state index in [1.807, 2.05) is 0 Å². The van der Waals surface area contributed by atoms with Gasteiger partial charge in [-0.15, -0.1) is 11.3 Å². The predicted octanol–water partition coefficient (Wildman–Crippen LogP) is 0.0774. The standard InChI is InChI=1S/C11H14N2O5S/c1-7(14)12-3-4-13-9(15)6-18-8-2-5-19-10(8)11(16)17/h2,5H,3-4,6H2,1H3,(H,12,14)(H,13,15)(H,16,17). The minimum atomic E-state index is -1.09. The lowest BCUT2D eigenvalue weighted by Crippen LogP contribution is -2.36. The number of carboxylic acid groups (broad SMARTS) is 1. The van der Waals surface area contributed by atoms with Crippen molar-refractivity contribution in [3.63, 3.8) is 0 Å². The van der Waals surface area contributed by atoms with E-state index in [1.165, 1.54) is 13.0 Å². The summed E-state index contributed by atoms with van der Waals surface area (Å²) in [6.07, 6.45) is 0. The zero-order chi connectivity index (χ0) is 14.3. The van der Waals surface area contributed by atoms with Crippen molar-refractivity contribution in [1.29, 1.82) is 0 Å². The maximum absolute atomic E-state index is 11.4. The van der Waals surface area contributed by atoms with E-state index in [1.54, 1.807) is 5.38 Å². The average Bonchev–Trinajstić information content (AvgIpc) is 2.80. The molecule has 1 aromatic heterocycles. The topological polar surface area (TPSA) is 105 Å². The summed E-state index contributed by atoms with van der Waals surface area (Å²) in [5.74, 6) is -1.46. The molecule has 0 aliphatic rings. The van der Waals surface area contributed by atoms with Crippen LogP contribution in [-0.4, -0.2) is 42.6 Å². The molecule has 0 unspecified atom stereocenters. The molecule has 0 aliphatic heterocycles. The smallest absolute Gasteiger partial charge is 0.349 e. The fourth-order valence-corrected chi connectivity index (χ4v) is 1.87. The molecule has 0 spiro atoms. The van der Waals surface area contributed by atoms with Gasteiger partial charge in [0.1, 0.15) is 5.75 Å². The molecule has 0 aromatic carbocycles. The Labute approximate surface area is 113 Å². The first-order valence-electron chi connectivity index (χ1n) is 5.45. The first kappa shape index (κ1) is 15.0. The lowest BCUT2D eigenvalue weighted by Gasteiger charge is -2.07. The van der Waals surface area contributed by atoms with Gasteiger partial charge in [0.2, 0.25) is 5.91 Å². The zero-order valence-corrected chi connectivity index (χ0v) is 11.1. The summed E-state index contributed by atoms with van der Waals surface area (Å²) in [7, 11) is 0. The van der Waals surface area contributed by atoms with Crippen molar-refractivity contribution in [3.05, 3.63) is 16.3 Å². The largest absolute Gasteiger partial charge is 0.482 e. The molecule has 0 radical (unpaired) electrons. The van der Waals surface area contributed by atoms with Gasteiger partial charge in [-0.25, -0.2) is 4.79 Å². The molecule has 7 nitrogen and oxygen atoms in total. The molecular formula is C11H14N2O5S. The van der Waals surface area contributed by atoms with Gasteiger partial charge in [-0.05, 0) is 11.4 Å². The molecule has 104 valence electrons. The van der Waals surface area contributed by atoms with Crippen LogP contribution in [0.1, 0.15) is 16.6 Å². The number of amides is 2. The van der Waals surface area contributed by atoms with Crippen LogP contribution in [0.25, 0.3) is 0 Å². The number of rotatable bonds is 7. The highest BCUT2D eigenvalue weighted by atomic mass is 32.1. The number of nitrogens with one attached hydrogen (secondary N) is 2. The van der Waals surface area contributed by atoms with Crippen molar-refractivity contribution in [2.45, 2.75) is 6.92 Å². The summed E-state index contributed by atoms with van der Waals surface area (Å²) in [5.41, 5.74) is 0. The lowest BCUT2D eigenvalue weighted by atomic mass is 10.4. The van der Waals surface area contributed by atoms with Crippen molar-refractivity contribution >= 4 is 29.1 Å². The zero-order valence-electron chi connectivity index (χ0n) is 10.3. The molecule has 3 N–H and O–H groups in total. The third-order valence-corrected chi connectivity index (χ3v) is 2.89. The summed E-state index contributed by atoms with van der Waals surface area (Å²) in [6.45, 7) is 1.74. The number of carboxylic acids is 1. The highest BCUT2D eigenvalue weighted by Crippen LogP contribution is 2.24. The van der Waals surface area contributed by atoms with Gasteiger partial charge >= 0.3 is 5.97 Å². The molecule has 1 aromatic rings. The monoisotopic (exact) mass is 286 g/mol. The van der Waals surface area contributed by atoms with Crippen LogP contribution in [0.2, 0.25) is 0 Å². The lowest BCUT2D eigenvalue weighted by molar-refractivity contribution is -0.123. The van der Waals surface area contributed by atoms with Gasteiger partial charge in [0.15, 0.2) is 11.5 Å². The maximum atomic E-state index is 11.4. The second-order valence-electron chi connectivity index (χ2n) is 3.54. The second kappa shape index (κ2) is 7.37. The van der Waals surface area contributed by atoms with Gasteiger partial charge in [0, 0.05) is 20.0 Å². The summed E-state index contributed by atoms with van der Waals surface area (Å²) in [6, 6.07) is 1.50. The molecule has 0 fully saturated rings. The van der Waals surface area contributed by atoms with Crippen molar-refractivity contribution in [2.75, 3.05) is 19.7 Å². The summed E-state index contributed by atoms with van der Waals surface area (Å²) < 4.78 is 5.11. The summed E-state index contributed by atoms with van der Waals surface area (Å²) in [5, 5.41) is 15.5. The number of hydrogen-bond acceptors (Lipinski definition) is 5. The van der Waals surface area contributed by atoms with Gasteiger partial charge in [-0.3, -0.25) is 9.59 Å². The van der Waals surface area contributed by atoms with Crippen molar-refractivity contribution in [2.24, 2.45) is 0 Å². The number of ether oxygens (including phenoxy) is 1. The van der Waals surface area contributed by atoms with E-state index in [4.69, 9.17) is 9.84 Å². The molecule has 1 rings (SSSR count). The van der Waals surface area contributed by atoms with Gasteiger partial charge in [0.25, 0.3) is 5.91 Å². The molecule has 0 atom stereocenters. The Morgan fingerprint density at radius 3 is 2.63 bits per heavy atom. The van der Waals surface area contributed by atoms with Crippen LogP contribution in [0.5, 0.6) is 5.75 Å². The number of aromatic carboxylic acids is 1. The van der Waals surface area contributed by atoms with E-state index in [0.717, 1.165) is 11.3 Å². The predicted molar refractivity (Wildman–Crippen MR) is 68.5 cm³/mol. The van der Waals surface area contributed by atoms with Crippen LogP contribution in [-0.2, 0) is 9.59 Å². The molecule has 8 heteroatoms. The van der Waals surface area contributed by atoms with E-state index in [0.29, 0.717) is 6.54 Å². The Morgan fingerprint density at radius 2 is 2.00 bits per heavy atom. The van der Waals surface area contributed by atoms with Crippen molar-refractivity contribution in [3.8, 4) is 5.75 Å². The Morgan fingerprint density at radius 1 is 1.32 bits per heavy atom. The van der Waals surface area contributed by atoms with Crippen LogP contribution >= 0.6 is 11.3 Å². The van der Waals surface area contributed by atoms with Gasteiger partial charge in [-0.1, -0.05) is 0 Å². The minimum absolute atomic E-state index is 0.0612. The Kier molecular flexibility index (Phi) is 5.80. The summed E-state index contributed by atoms with van der Waals surface area (Å²) in [4.78, 5) is 32.8. The highest BCUT2D eigenvalue weighted by Gasteiger charge is 2.13. The molecule has 2 amide bonds. The average molecular weight is 286 g/mol. The van der Waals surface area contributed by atoms with Crippen LogP contribution < -0.4 is 15.4 Å². The molecule has 0 saturated carbocycles. The van der Waals surface area contributed by atoms with Crippen LogP contribution in [0.4, 0.5) is 0 Å². The first-order chi connectivity index (χ1) is 9.00. The van der Waals surface area contributed by atoms with E-state index in [2.05, 4.69) is 10.6 Å². The molecular weight excluding hydrogens is 272 g/mol. The SMILES string of the molecule is CC(=O)NCCNC(=O)COc1ccsc1C(=O)O. The van der Waals surface area contributed by atoms with Crippen LogP contribution in [0, 0.1) is 0 Å². The Bertz CT molecular complexity index is 471. The number of carbonyl (C=O) groups is 3. The number of hydrogen-bond donors (Lipinski definition) is 3. The van der Waals surface area contributed by atoms with Crippen LogP contribution in [0.15, 0.2) is 11.4 Å². The van der Waals surface area contributed by atoms with E-state index >= 15 is 0 Å². The fourth-order valence-electron chi connectivity index (χ4n) is 1.20. The van der Waals surface area contributed by atoms with Gasteiger partial charge in [0.05, 0.1) is 0 Å². The fraction of sp³-hybridized carbons (Fsp3) is 0.364. The Hall–Kier alpha value is -2.09. The van der Waals surface area contributed by atoms with E-state index < -0.39 is 5.97 Å². The third kappa shape index (κ3) is 5.38. The molecule has 1 heterocycles.